The molecular formula is C8H5FO3. The van der Waals surface area contributed by atoms with Crippen LogP contribution in [0.3, 0.4) is 0 Å². The van der Waals surface area contributed by atoms with E-state index in [-0.39, 0.29) is 5.56 Å². The van der Waals surface area contributed by atoms with Gasteiger partial charge in [-0.2, -0.15) is 0 Å². The van der Waals surface area contributed by atoms with Crippen LogP contribution in [0.2, 0.25) is 0 Å². The van der Waals surface area contributed by atoms with Crippen LogP contribution in [-0.2, 0) is 9.74 Å². The lowest BCUT2D eigenvalue weighted by atomic mass is 10.1. The van der Waals surface area contributed by atoms with E-state index in [1.54, 1.807) is 18.2 Å². The van der Waals surface area contributed by atoms with Crippen molar-refractivity contribution in [2.24, 2.45) is 0 Å². The first-order valence-corrected chi connectivity index (χ1v) is 3.18. The Bertz CT molecular complexity index is 294. The second-order valence-electron chi connectivity index (χ2n) is 2.06. The molecule has 0 aromatic heterocycles. The molecule has 0 aliphatic carbocycles. The van der Waals surface area contributed by atoms with Crippen LogP contribution < -0.4 is 0 Å². The summed E-state index contributed by atoms with van der Waals surface area (Å²) in [5.74, 6) is -2.49. The van der Waals surface area contributed by atoms with Crippen LogP contribution in [0.15, 0.2) is 30.3 Å². The number of Topliss-reactive ketones (excluding diaryl/α,β-unsaturated/α-hetero) is 1. The van der Waals surface area contributed by atoms with Crippen LogP contribution in [0.1, 0.15) is 10.4 Å². The molecule has 12 heavy (non-hydrogen) atoms. The molecule has 62 valence electrons. The van der Waals surface area contributed by atoms with Gasteiger partial charge in [-0.1, -0.05) is 30.3 Å². The molecule has 3 nitrogen and oxygen atoms in total. The number of benzene rings is 1. The Hall–Kier alpha value is -1.71. The Morgan fingerprint density at radius 1 is 1.17 bits per heavy atom. The van der Waals surface area contributed by atoms with Crippen molar-refractivity contribution in [1.82, 2.24) is 0 Å². The van der Waals surface area contributed by atoms with Gasteiger partial charge in [0.2, 0.25) is 0 Å². The summed E-state index contributed by atoms with van der Waals surface area (Å²) in [6.45, 7) is 0. The molecule has 0 unspecified atom stereocenters. The van der Waals surface area contributed by atoms with Crippen molar-refractivity contribution in [3.63, 3.8) is 0 Å². The number of carbonyl (C=O) groups is 2. The first-order valence-electron chi connectivity index (χ1n) is 3.18. The molecule has 0 aliphatic rings. The van der Waals surface area contributed by atoms with Crippen LogP contribution in [0.25, 0.3) is 0 Å². The van der Waals surface area contributed by atoms with Crippen molar-refractivity contribution >= 4 is 11.8 Å². The standard InChI is InChI=1S/C8H5FO3/c9-12-8(11)7(10)6-4-2-1-3-5-6/h1-5H. The number of carbonyl (C=O) groups excluding carboxylic acids is 2. The quantitative estimate of drug-likeness (QED) is 0.493. The van der Waals surface area contributed by atoms with Crippen molar-refractivity contribution < 1.29 is 19.1 Å². The minimum atomic E-state index is -1.50. The SMILES string of the molecule is O=C(OF)C(=O)c1ccccc1. The van der Waals surface area contributed by atoms with Crippen LogP contribution in [0, 0.1) is 0 Å². The maximum Gasteiger partial charge on any atom is 0.419 e. The summed E-state index contributed by atoms with van der Waals surface area (Å²) in [5, 5.41) is 0. The Kier molecular flexibility index (Phi) is 2.53. The molecule has 0 amide bonds. The lowest BCUT2D eigenvalue weighted by Crippen LogP contribution is -2.13. The van der Waals surface area contributed by atoms with E-state index in [4.69, 9.17) is 0 Å². The summed E-state index contributed by atoms with van der Waals surface area (Å²) in [7, 11) is 0. The van der Waals surface area contributed by atoms with Gasteiger partial charge in [0.25, 0.3) is 5.78 Å². The molecule has 0 atom stereocenters. The molecule has 0 bridgehead atoms. The van der Waals surface area contributed by atoms with Gasteiger partial charge in [-0.15, -0.1) is 0 Å². The topological polar surface area (TPSA) is 43.4 Å². The molecule has 0 heterocycles. The van der Waals surface area contributed by atoms with Crippen molar-refractivity contribution in [1.29, 1.82) is 0 Å². The highest BCUT2D eigenvalue weighted by molar-refractivity contribution is 6.40. The smallest absolute Gasteiger partial charge is 0.281 e. The molecule has 0 fully saturated rings. The molecule has 1 rings (SSSR count). The highest BCUT2D eigenvalue weighted by Crippen LogP contribution is 2.00. The third-order valence-corrected chi connectivity index (χ3v) is 1.29. The van der Waals surface area contributed by atoms with Gasteiger partial charge in [-0.3, -0.25) is 4.79 Å². The molecule has 0 radical (unpaired) electrons. The van der Waals surface area contributed by atoms with Crippen molar-refractivity contribution in [2.45, 2.75) is 0 Å². The number of rotatable bonds is 2. The largest absolute Gasteiger partial charge is 0.419 e. The minimum Gasteiger partial charge on any atom is -0.281 e. The minimum absolute atomic E-state index is 0.111. The number of hydrogen-bond donors (Lipinski definition) is 0. The van der Waals surface area contributed by atoms with E-state index in [2.05, 4.69) is 4.94 Å². The zero-order valence-electron chi connectivity index (χ0n) is 5.99. The molecule has 0 saturated carbocycles. The summed E-state index contributed by atoms with van der Waals surface area (Å²) >= 11 is 0. The van der Waals surface area contributed by atoms with Gasteiger partial charge in [0.1, 0.15) is 0 Å². The highest BCUT2D eigenvalue weighted by atomic mass is 19.3. The molecule has 4 heteroatoms. The van der Waals surface area contributed by atoms with Gasteiger partial charge >= 0.3 is 5.97 Å². The van der Waals surface area contributed by atoms with Crippen molar-refractivity contribution in [2.75, 3.05) is 0 Å². The van der Waals surface area contributed by atoms with E-state index in [0.717, 1.165) is 0 Å². The van der Waals surface area contributed by atoms with Crippen LogP contribution >= 0.6 is 0 Å². The van der Waals surface area contributed by atoms with Gasteiger partial charge in [-0.05, 0) is 0 Å². The van der Waals surface area contributed by atoms with E-state index in [9.17, 15) is 14.1 Å². The lowest BCUT2D eigenvalue weighted by molar-refractivity contribution is -0.176. The summed E-state index contributed by atoms with van der Waals surface area (Å²) in [5.41, 5.74) is 0.111. The number of halogens is 1. The second-order valence-corrected chi connectivity index (χ2v) is 2.06. The van der Waals surface area contributed by atoms with Crippen molar-refractivity contribution in [3.8, 4) is 0 Å². The van der Waals surface area contributed by atoms with E-state index in [1.165, 1.54) is 12.1 Å². The van der Waals surface area contributed by atoms with Crippen LogP contribution in [0.5, 0.6) is 0 Å². The van der Waals surface area contributed by atoms with E-state index in [1.807, 2.05) is 0 Å². The predicted octanol–water partition coefficient (Wildman–Crippen LogP) is 1.30. The van der Waals surface area contributed by atoms with Gasteiger partial charge in [-0.25, -0.2) is 9.74 Å². The first kappa shape index (κ1) is 8.39. The Morgan fingerprint density at radius 3 is 2.25 bits per heavy atom. The lowest BCUT2D eigenvalue weighted by Gasteiger charge is -1.93. The average molecular weight is 168 g/mol. The Morgan fingerprint density at radius 2 is 1.75 bits per heavy atom. The van der Waals surface area contributed by atoms with Crippen molar-refractivity contribution in [3.05, 3.63) is 35.9 Å². The molecule has 0 spiro atoms. The average Bonchev–Trinajstić information content (AvgIpc) is 2.17. The molecule has 0 aliphatic heterocycles. The number of hydrogen-bond acceptors (Lipinski definition) is 3. The van der Waals surface area contributed by atoms with Gasteiger partial charge in [0.05, 0.1) is 0 Å². The zero-order valence-corrected chi connectivity index (χ0v) is 5.99. The zero-order chi connectivity index (χ0) is 8.97. The fraction of sp³-hybridized carbons (Fsp3) is 0. The van der Waals surface area contributed by atoms with E-state index < -0.39 is 11.8 Å². The molecular weight excluding hydrogens is 163 g/mol. The monoisotopic (exact) mass is 168 g/mol. The summed E-state index contributed by atoms with van der Waals surface area (Å²) in [6, 6.07) is 7.62. The summed E-state index contributed by atoms with van der Waals surface area (Å²) in [4.78, 5) is 24.0. The molecule has 1 aromatic carbocycles. The number of ketones is 1. The van der Waals surface area contributed by atoms with Gasteiger partial charge in [0.15, 0.2) is 0 Å². The Balaban J connectivity index is 2.86. The van der Waals surface area contributed by atoms with Gasteiger partial charge in [0, 0.05) is 10.1 Å². The van der Waals surface area contributed by atoms with Crippen LogP contribution in [0.4, 0.5) is 4.53 Å². The van der Waals surface area contributed by atoms with Crippen LogP contribution in [-0.4, -0.2) is 11.8 Å². The molecule has 0 N–H and O–H groups in total. The van der Waals surface area contributed by atoms with E-state index in [0.29, 0.717) is 0 Å². The first-order chi connectivity index (χ1) is 5.75. The summed E-state index contributed by atoms with van der Waals surface area (Å²) < 4.78 is 11.3. The maximum absolute atomic E-state index is 11.3. The van der Waals surface area contributed by atoms with Gasteiger partial charge < -0.3 is 0 Å². The normalized spacial score (nSPS) is 9.08. The summed E-state index contributed by atoms with van der Waals surface area (Å²) in [6.07, 6.45) is 0. The van der Waals surface area contributed by atoms with E-state index >= 15 is 0 Å². The Labute approximate surface area is 67.7 Å². The fourth-order valence-electron chi connectivity index (χ4n) is 0.742. The third-order valence-electron chi connectivity index (χ3n) is 1.29. The fourth-order valence-corrected chi connectivity index (χ4v) is 0.742. The highest BCUT2D eigenvalue weighted by Gasteiger charge is 2.17. The maximum atomic E-state index is 11.3. The molecule has 0 saturated heterocycles. The third kappa shape index (κ3) is 1.66. The predicted molar refractivity (Wildman–Crippen MR) is 38.0 cm³/mol. The molecule has 1 aromatic rings. The second kappa shape index (κ2) is 3.61.